The molecule has 0 spiro atoms. The number of rotatable bonds is 3. The molecule has 5 nitrogen and oxygen atoms in total. The first-order valence-electron chi connectivity index (χ1n) is 8.70. The Kier molecular flexibility index (Phi) is 8.53. The number of nitrogens with zero attached hydrogens (tertiary/aromatic N) is 2. The molecule has 0 saturated carbocycles. The van der Waals surface area contributed by atoms with E-state index in [0.717, 1.165) is 11.2 Å². The van der Waals surface area contributed by atoms with Crippen LogP contribution in [-0.4, -0.2) is 39.3 Å². The van der Waals surface area contributed by atoms with Crippen LogP contribution in [0.15, 0.2) is 6.20 Å². The summed E-state index contributed by atoms with van der Waals surface area (Å²) in [6.07, 6.45) is 1.34. The Bertz CT molecular complexity index is 454. The molecule has 134 valence electrons. The molecule has 1 unspecified atom stereocenters. The average molecular weight is 326 g/mol. The molecule has 0 radical (unpaired) electrons. The van der Waals surface area contributed by atoms with E-state index in [1.54, 1.807) is 17.8 Å². The zero-order chi connectivity index (χ0) is 18.4. The highest BCUT2D eigenvalue weighted by atomic mass is 16.7. The second-order valence-corrected chi connectivity index (χ2v) is 6.30. The van der Waals surface area contributed by atoms with E-state index in [4.69, 9.17) is 9.31 Å². The normalized spacial score (nSPS) is 19.3. The van der Waals surface area contributed by atoms with E-state index >= 15 is 0 Å². The first-order valence-corrected chi connectivity index (χ1v) is 8.70. The van der Waals surface area contributed by atoms with Gasteiger partial charge in [-0.15, -0.1) is 0 Å². The second kappa shape index (κ2) is 8.85. The molecule has 0 bridgehead atoms. The van der Waals surface area contributed by atoms with E-state index < -0.39 is 13.2 Å². The lowest BCUT2D eigenvalue weighted by Gasteiger charge is -2.32. The fraction of sp³-hybridized carbons (Fsp3) is 0.824. The van der Waals surface area contributed by atoms with Gasteiger partial charge < -0.3 is 14.4 Å². The van der Waals surface area contributed by atoms with Gasteiger partial charge in [0.15, 0.2) is 0 Å². The van der Waals surface area contributed by atoms with Crippen LogP contribution in [0.2, 0.25) is 0 Å². The molecule has 6 heteroatoms. The monoisotopic (exact) mass is 326 g/mol. The third kappa shape index (κ3) is 5.06. The summed E-state index contributed by atoms with van der Waals surface area (Å²) in [7, 11) is -0.396. The van der Waals surface area contributed by atoms with Crippen molar-refractivity contribution in [2.24, 2.45) is 0 Å². The van der Waals surface area contributed by atoms with Gasteiger partial charge in [0.05, 0.1) is 23.9 Å². The van der Waals surface area contributed by atoms with Crippen molar-refractivity contribution in [3.8, 4) is 0 Å². The zero-order valence-electron chi connectivity index (χ0n) is 16.6. The van der Waals surface area contributed by atoms with Gasteiger partial charge in [-0.25, -0.2) is 0 Å². The van der Waals surface area contributed by atoms with Crippen LogP contribution >= 0.6 is 0 Å². The molecule has 23 heavy (non-hydrogen) atoms. The molecule has 1 aromatic rings. The van der Waals surface area contributed by atoms with E-state index in [-0.39, 0.29) is 11.2 Å². The molecule has 1 atom stereocenters. The highest BCUT2D eigenvalue weighted by Gasteiger charge is 2.52. The Morgan fingerprint density at radius 3 is 1.96 bits per heavy atom. The number of hydrogen-bond acceptors (Lipinski definition) is 4. The van der Waals surface area contributed by atoms with Gasteiger partial charge in [-0.1, -0.05) is 27.7 Å². The number of aliphatic hydroxyl groups is 1. The molecule has 1 fully saturated rings. The zero-order valence-corrected chi connectivity index (χ0v) is 16.6. The molecule has 1 aromatic heterocycles. The van der Waals surface area contributed by atoms with Crippen molar-refractivity contribution in [1.82, 2.24) is 9.78 Å². The van der Waals surface area contributed by atoms with Gasteiger partial charge in [0.25, 0.3) is 0 Å². The maximum absolute atomic E-state index is 9.45. The molecule has 2 rings (SSSR count). The Morgan fingerprint density at radius 1 is 1.13 bits per heavy atom. The standard InChI is InChI=1S/C13H23BN2O3.2C2H6/c1-9(17)8-16-10(2)11(7-15-16)14-18-12(3,4)13(5,6)19-14;2*1-2/h7,9,17H,8H2,1-6H3;2*1-2H3. The lowest BCUT2D eigenvalue weighted by atomic mass is 9.79. The largest absolute Gasteiger partial charge is 0.498 e. The van der Waals surface area contributed by atoms with Crippen molar-refractivity contribution in [3.63, 3.8) is 0 Å². The minimum Gasteiger partial charge on any atom is -0.399 e. The quantitative estimate of drug-likeness (QED) is 0.868. The van der Waals surface area contributed by atoms with E-state index in [1.165, 1.54) is 0 Å². The smallest absolute Gasteiger partial charge is 0.399 e. The summed E-state index contributed by atoms with van der Waals surface area (Å²) in [4.78, 5) is 0. The van der Waals surface area contributed by atoms with E-state index in [1.807, 2.05) is 62.3 Å². The van der Waals surface area contributed by atoms with Gasteiger partial charge in [-0.3, -0.25) is 4.68 Å². The van der Waals surface area contributed by atoms with E-state index in [2.05, 4.69) is 5.10 Å². The van der Waals surface area contributed by atoms with Crippen molar-refractivity contribution < 1.29 is 14.4 Å². The van der Waals surface area contributed by atoms with Crippen molar-refractivity contribution in [1.29, 1.82) is 0 Å². The molecular weight excluding hydrogens is 291 g/mol. The van der Waals surface area contributed by atoms with Crippen LogP contribution < -0.4 is 5.46 Å². The minimum atomic E-state index is -0.426. The molecule has 0 aromatic carbocycles. The van der Waals surface area contributed by atoms with Crippen LogP contribution in [0.5, 0.6) is 0 Å². The van der Waals surface area contributed by atoms with Gasteiger partial charge in [0.2, 0.25) is 0 Å². The van der Waals surface area contributed by atoms with Gasteiger partial charge in [-0.05, 0) is 41.5 Å². The predicted octanol–water partition coefficient (Wildman–Crippen LogP) is 2.92. The van der Waals surface area contributed by atoms with Crippen LogP contribution in [-0.2, 0) is 15.9 Å². The Morgan fingerprint density at radius 2 is 1.57 bits per heavy atom. The highest BCUT2D eigenvalue weighted by molar-refractivity contribution is 6.62. The number of aliphatic hydroxyl groups excluding tert-OH is 1. The summed E-state index contributed by atoms with van der Waals surface area (Å²) in [6.45, 7) is 20.3. The molecule has 2 heterocycles. The maximum atomic E-state index is 9.45. The third-order valence-electron chi connectivity index (χ3n) is 4.09. The molecule has 1 aliphatic rings. The average Bonchev–Trinajstić information content (AvgIpc) is 2.92. The molecular formula is C17H35BN2O3. The van der Waals surface area contributed by atoms with Gasteiger partial charge >= 0.3 is 7.12 Å². The van der Waals surface area contributed by atoms with Gasteiger partial charge in [-0.2, -0.15) is 5.10 Å². The summed E-state index contributed by atoms with van der Waals surface area (Å²) in [5.74, 6) is 0. The highest BCUT2D eigenvalue weighted by Crippen LogP contribution is 2.36. The Balaban J connectivity index is 0.00000112. The first-order chi connectivity index (χ1) is 10.6. The van der Waals surface area contributed by atoms with Crippen molar-refractivity contribution in [3.05, 3.63) is 11.9 Å². The van der Waals surface area contributed by atoms with Crippen LogP contribution in [0.1, 0.15) is 68.0 Å². The second-order valence-electron chi connectivity index (χ2n) is 6.30. The minimum absolute atomic E-state index is 0.351. The fourth-order valence-electron chi connectivity index (χ4n) is 2.10. The summed E-state index contributed by atoms with van der Waals surface area (Å²) in [5.41, 5.74) is 1.20. The van der Waals surface area contributed by atoms with Crippen LogP contribution in [0.4, 0.5) is 0 Å². The Hall–Kier alpha value is -0.845. The van der Waals surface area contributed by atoms with E-state index in [9.17, 15) is 5.11 Å². The molecule has 0 aliphatic carbocycles. The summed E-state index contributed by atoms with van der Waals surface area (Å²) in [5, 5.41) is 13.7. The van der Waals surface area contributed by atoms with Gasteiger partial charge in [0.1, 0.15) is 0 Å². The van der Waals surface area contributed by atoms with Crippen LogP contribution in [0, 0.1) is 6.92 Å². The molecule has 1 saturated heterocycles. The molecule has 0 amide bonds. The fourth-order valence-corrected chi connectivity index (χ4v) is 2.10. The molecule has 1 aliphatic heterocycles. The summed E-state index contributed by atoms with van der Waals surface area (Å²) >= 11 is 0. The Labute approximate surface area is 142 Å². The topological polar surface area (TPSA) is 56.5 Å². The van der Waals surface area contributed by atoms with Crippen LogP contribution in [0.25, 0.3) is 0 Å². The van der Waals surface area contributed by atoms with E-state index in [0.29, 0.717) is 6.54 Å². The predicted molar refractivity (Wildman–Crippen MR) is 97.1 cm³/mol. The number of aromatic nitrogens is 2. The van der Waals surface area contributed by atoms with Crippen molar-refractivity contribution in [2.75, 3.05) is 0 Å². The molecule has 1 N–H and O–H groups in total. The SMILES string of the molecule is CC.CC.Cc1c(B2OC(C)(C)C(C)(C)O2)cnn1CC(C)O. The van der Waals surface area contributed by atoms with Gasteiger partial charge in [0, 0.05) is 17.4 Å². The van der Waals surface area contributed by atoms with Crippen molar-refractivity contribution in [2.45, 2.75) is 93.1 Å². The summed E-state index contributed by atoms with van der Waals surface area (Å²) in [6, 6.07) is 0. The maximum Gasteiger partial charge on any atom is 0.498 e. The third-order valence-corrected chi connectivity index (χ3v) is 4.09. The van der Waals surface area contributed by atoms with Crippen LogP contribution in [0.3, 0.4) is 0 Å². The summed E-state index contributed by atoms with van der Waals surface area (Å²) < 4.78 is 13.8. The number of hydrogen-bond donors (Lipinski definition) is 1. The lowest BCUT2D eigenvalue weighted by molar-refractivity contribution is 0.00578. The first kappa shape index (κ1) is 22.2. The van der Waals surface area contributed by atoms with Crippen molar-refractivity contribution >= 4 is 12.6 Å². The lowest BCUT2D eigenvalue weighted by Crippen LogP contribution is -2.41.